The van der Waals surface area contributed by atoms with Crippen LogP contribution in [0.4, 0.5) is 0 Å². The Morgan fingerprint density at radius 2 is 2.43 bits per heavy atom. The maximum Gasteiger partial charge on any atom is 0.396 e. The molecule has 1 N–H and O–H groups in total. The van der Waals surface area contributed by atoms with Crippen molar-refractivity contribution in [1.82, 2.24) is 5.48 Å². The van der Waals surface area contributed by atoms with E-state index in [1.54, 1.807) is 0 Å². The van der Waals surface area contributed by atoms with Gasteiger partial charge >= 0.3 is 11.9 Å². The lowest BCUT2D eigenvalue weighted by Gasteiger charge is -2.16. The van der Waals surface area contributed by atoms with Gasteiger partial charge in [-0.05, 0) is 12.8 Å². The van der Waals surface area contributed by atoms with Gasteiger partial charge in [-0.3, -0.25) is 0 Å². The summed E-state index contributed by atoms with van der Waals surface area (Å²) in [6, 6.07) is 0. The third-order valence-corrected chi connectivity index (χ3v) is 2.31. The van der Waals surface area contributed by atoms with Crippen molar-refractivity contribution in [1.29, 1.82) is 0 Å². The summed E-state index contributed by atoms with van der Waals surface area (Å²) in [5.74, 6) is -0.419. The van der Waals surface area contributed by atoms with Crippen molar-refractivity contribution in [3.63, 3.8) is 0 Å². The summed E-state index contributed by atoms with van der Waals surface area (Å²) in [4.78, 5) is 19.7. The van der Waals surface area contributed by atoms with Crippen LogP contribution in [0.3, 0.4) is 0 Å². The van der Waals surface area contributed by atoms with E-state index >= 15 is 0 Å². The number of aliphatic imine (C=N–C) groups is 1. The van der Waals surface area contributed by atoms with Crippen molar-refractivity contribution in [2.75, 3.05) is 7.11 Å². The van der Waals surface area contributed by atoms with Crippen molar-refractivity contribution in [3.05, 3.63) is 10.9 Å². The number of carbonyl (C=O) groups is 1. The fraction of sp³-hybridized carbons (Fsp3) is 0.500. The third-order valence-electron chi connectivity index (χ3n) is 2.03. The molecule has 0 amide bonds. The van der Waals surface area contributed by atoms with E-state index in [2.05, 4.69) is 15.2 Å². The number of nitrogens with zero attached hydrogens (tertiary/aromatic N) is 1. The van der Waals surface area contributed by atoms with Crippen molar-refractivity contribution < 1.29 is 14.4 Å². The van der Waals surface area contributed by atoms with Gasteiger partial charge in [0.05, 0.1) is 12.8 Å². The van der Waals surface area contributed by atoms with Gasteiger partial charge in [0.25, 0.3) is 0 Å². The number of hydroxylamine groups is 1. The Labute approximate surface area is 85.7 Å². The minimum atomic E-state index is -0.648. The van der Waals surface area contributed by atoms with Gasteiger partial charge in [0.2, 0.25) is 0 Å². The van der Waals surface area contributed by atoms with E-state index in [0.29, 0.717) is 5.92 Å². The molecule has 6 heteroatoms. The largest absolute Gasteiger partial charge is 0.462 e. The molecule has 0 spiro atoms. The fourth-order valence-corrected chi connectivity index (χ4v) is 1.39. The van der Waals surface area contributed by atoms with Gasteiger partial charge < -0.3 is 9.57 Å². The molecule has 0 unspecified atom stereocenters. The van der Waals surface area contributed by atoms with Crippen LogP contribution in [0.2, 0.25) is 0 Å². The van der Waals surface area contributed by atoms with E-state index in [9.17, 15) is 4.79 Å². The highest BCUT2D eigenvalue weighted by Crippen LogP contribution is 2.38. The summed E-state index contributed by atoms with van der Waals surface area (Å²) in [6.07, 6.45) is 2.15. The van der Waals surface area contributed by atoms with Crippen molar-refractivity contribution >= 4 is 23.5 Å². The minimum absolute atomic E-state index is 0.165. The van der Waals surface area contributed by atoms with Crippen LogP contribution in [0, 0.1) is 5.92 Å². The van der Waals surface area contributed by atoms with Crippen molar-refractivity contribution in [2.24, 2.45) is 10.9 Å². The normalized spacial score (nSPS) is 20.9. The van der Waals surface area contributed by atoms with Gasteiger partial charge in [-0.2, -0.15) is 4.99 Å². The number of carbonyl (C=O) groups excluding carboxylic acids is 1. The lowest BCUT2D eigenvalue weighted by Crippen LogP contribution is -2.31. The van der Waals surface area contributed by atoms with Gasteiger partial charge in [-0.15, -0.1) is 0 Å². The fourth-order valence-electron chi connectivity index (χ4n) is 1.12. The molecule has 1 aliphatic heterocycles. The van der Waals surface area contributed by atoms with Crippen LogP contribution in [0.15, 0.2) is 15.8 Å². The summed E-state index contributed by atoms with van der Waals surface area (Å²) in [5.41, 5.74) is 3.36. The van der Waals surface area contributed by atoms with Crippen LogP contribution in [-0.2, 0) is 14.4 Å². The second-order valence-electron chi connectivity index (χ2n) is 3.09. The Morgan fingerprint density at radius 1 is 1.71 bits per heavy atom. The molecule has 2 rings (SSSR count). The van der Waals surface area contributed by atoms with Gasteiger partial charge in [0.15, 0.2) is 5.16 Å². The van der Waals surface area contributed by atoms with E-state index in [0.717, 1.165) is 18.5 Å². The van der Waals surface area contributed by atoms with E-state index in [1.165, 1.54) is 7.11 Å². The summed E-state index contributed by atoms with van der Waals surface area (Å²) < 4.78 is 4.43. The van der Waals surface area contributed by atoms with Crippen molar-refractivity contribution in [2.45, 2.75) is 12.8 Å². The lowest BCUT2D eigenvalue weighted by atomic mass is 10.3. The van der Waals surface area contributed by atoms with Gasteiger partial charge in [-0.25, -0.2) is 10.3 Å². The Bertz CT molecular complexity index is 333. The Hall–Kier alpha value is -1.23. The van der Waals surface area contributed by atoms with Gasteiger partial charge in [0, 0.05) is 5.92 Å². The molecule has 1 fully saturated rings. The second-order valence-corrected chi connectivity index (χ2v) is 3.45. The van der Waals surface area contributed by atoms with Crippen molar-refractivity contribution in [3.8, 4) is 0 Å². The number of esters is 1. The number of rotatable bonds is 2. The smallest absolute Gasteiger partial charge is 0.396 e. The molecule has 0 aromatic rings. The molecule has 76 valence electrons. The van der Waals surface area contributed by atoms with Crippen LogP contribution in [0.25, 0.3) is 0 Å². The summed E-state index contributed by atoms with van der Waals surface area (Å²) >= 11 is 5.86. The number of nitrogens with one attached hydrogen (secondary N) is 1. The molecule has 0 saturated heterocycles. The molecule has 14 heavy (non-hydrogen) atoms. The molecule has 1 aliphatic carbocycles. The number of hydrogen-bond acceptors (Lipinski definition) is 5. The van der Waals surface area contributed by atoms with Gasteiger partial charge in [-0.1, -0.05) is 11.6 Å². The van der Waals surface area contributed by atoms with E-state index in [-0.39, 0.29) is 11.1 Å². The Morgan fingerprint density at radius 3 is 2.93 bits per heavy atom. The number of halogens is 1. The molecular weight excluding hydrogens is 208 g/mol. The SMILES string of the molecule is COC(=O)C1=NC(Cl)=C(C2CC2)NO1. The van der Waals surface area contributed by atoms with Crippen LogP contribution < -0.4 is 5.48 Å². The number of methoxy groups -OCH3 is 1. The second kappa shape index (κ2) is 3.49. The summed E-state index contributed by atoms with van der Waals surface area (Å²) in [6.45, 7) is 0. The molecule has 2 aliphatic rings. The lowest BCUT2D eigenvalue weighted by molar-refractivity contribution is -0.134. The number of hydrogen-bond donors (Lipinski definition) is 1. The number of ether oxygens (including phenoxy) is 1. The molecule has 0 atom stereocenters. The van der Waals surface area contributed by atoms with Crippen LogP contribution in [-0.4, -0.2) is 19.0 Å². The molecule has 5 nitrogen and oxygen atoms in total. The predicted octanol–water partition coefficient (Wildman–Crippen LogP) is 0.911. The zero-order chi connectivity index (χ0) is 10.1. The molecule has 1 heterocycles. The topological polar surface area (TPSA) is 59.9 Å². The zero-order valence-corrected chi connectivity index (χ0v) is 8.30. The molecule has 0 aromatic heterocycles. The first-order valence-corrected chi connectivity index (χ1v) is 4.59. The predicted molar refractivity (Wildman–Crippen MR) is 49.3 cm³/mol. The highest BCUT2D eigenvalue weighted by Gasteiger charge is 2.32. The first-order chi connectivity index (χ1) is 6.72. The Kier molecular flexibility index (Phi) is 2.33. The molecular formula is C8H9ClN2O3. The Balaban J connectivity index is 2.17. The van der Waals surface area contributed by atoms with Crippen LogP contribution in [0.1, 0.15) is 12.8 Å². The average molecular weight is 217 g/mol. The van der Waals surface area contributed by atoms with Crippen LogP contribution in [0.5, 0.6) is 0 Å². The standard InChI is InChI=1S/C8H9ClN2O3/c1-13-8(12)7-10-6(9)5(11-14-7)4-2-3-4/h4,11H,2-3H2,1H3. The molecule has 0 radical (unpaired) electrons. The molecule has 1 saturated carbocycles. The highest BCUT2D eigenvalue weighted by molar-refractivity contribution is 6.36. The van der Waals surface area contributed by atoms with E-state index in [1.807, 2.05) is 0 Å². The zero-order valence-electron chi connectivity index (χ0n) is 7.54. The quantitative estimate of drug-likeness (QED) is 0.551. The highest BCUT2D eigenvalue weighted by atomic mass is 35.5. The first-order valence-electron chi connectivity index (χ1n) is 4.22. The van der Waals surface area contributed by atoms with E-state index in [4.69, 9.17) is 16.4 Å². The third kappa shape index (κ3) is 1.68. The average Bonchev–Trinajstić information content (AvgIpc) is 3.00. The van der Waals surface area contributed by atoms with Gasteiger partial charge in [0.1, 0.15) is 0 Å². The molecule has 0 bridgehead atoms. The maximum atomic E-state index is 11.0. The van der Waals surface area contributed by atoms with E-state index < -0.39 is 5.97 Å². The molecule has 0 aromatic carbocycles. The maximum absolute atomic E-state index is 11.0. The number of allylic oxidation sites excluding steroid dienone is 1. The first kappa shape index (κ1) is 9.33. The summed E-state index contributed by atoms with van der Waals surface area (Å²) in [7, 11) is 1.25. The summed E-state index contributed by atoms with van der Waals surface area (Å²) in [5, 5.41) is 0.277. The van der Waals surface area contributed by atoms with Crippen LogP contribution >= 0.6 is 11.6 Å². The monoisotopic (exact) mass is 216 g/mol. The minimum Gasteiger partial charge on any atom is -0.462 e.